The SMILES string of the molecule is COc1ccc(C(CNC(=O)c2ccc(Cl)cc2I)N(C)C)cc1. The number of methoxy groups -OCH3 is 1. The van der Waals surface area contributed by atoms with Crippen molar-refractivity contribution in [3.63, 3.8) is 0 Å². The minimum absolute atomic E-state index is 0.0739. The molecule has 1 atom stereocenters. The molecule has 6 heteroatoms. The number of hydrogen-bond donors (Lipinski definition) is 1. The fourth-order valence-corrected chi connectivity index (χ4v) is 3.50. The lowest BCUT2D eigenvalue weighted by atomic mass is 10.1. The molecule has 1 amide bonds. The molecule has 0 aromatic heterocycles. The van der Waals surface area contributed by atoms with Gasteiger partial charge in [0.2, 0.25) is 0 Å². The number of likely N-dealkylation sites (N-methyl/N-ethyl adjacent to an activating group) is 1. The Bertz CT molecular complexity index is 705. The number of rotatable bonds is 6. The molecule has 128 valence electrons. The molecule has 2 aromatic carbocycles. The van der Waals surface area contributed by atoms with Gasteiger partial charge < -0.3 is 15.0 Å². The maximum Gasteiger partial charge on any atom is 0.252 e. The molecule has 0 aliphatic heterocycles. The van der Waals surface area contributed by atoms with Gasteiger partial charge in [0, 0.05) is 15.1 Å². The molecule has 0 bridgehead atoms. The second kappa shape index (κ2) is 8.69. The first-order chi connectivity index (χ1) is 11.4. The minimum atomic E-state index is -0.101. The number of carbonyl (C=O) groups is 1. The number of nitrogens with zero attached hydrogens (tertiary/aromatic N) is 1. The average Bonchev–Trinajstić information content (AvgIpc) is 2.55. The molecular formula is C18H20ClIN2O2. The summed E-state index contributed by atoms with van der Waals surface area (Å²) in [5, 5.41) is 3.63. The van der Waals surface area contributed by atoms with Gasteiger partial charge in [-0.3, -0.25) is 4.79 Å². The van der Waals surface area contributed by atoms with E-state index in [1.807, 2.05) is 38.4 Å². The monoisotopic (exact) mass is 458 g/mol. The van der Waals surface area contributed by atoms with Crippen LogP contribution in [0.1, 0.15) is 22.0 Å². The molecular weight excluding hydrogens is 439 g/mol. The predicted molar refractivity (Wildman–Crippen MR) is 106 cm³/mol. The first-order valence-electron chi connectivity index (χ1n) is 7.46. The third kappa shape index (κ3) is 4.84. The van der Waals surface area contributed by atoms with Crippen LogP contribution < -0.4 is 10.1 Å². The van der Waals surface area contributed by atoms with E-state index in [9.17, 15) is 4.79 Å². The molecule has 0 fully saturated rings. The van der Waals surface area contributed by atoms with Crippen LogP contribution in [0.5, 0.6) is 5.75 Å². The Balaban J connectivity index is 2.09. The van der Waals surface area contributed by atoms with Gasteiger partial charge in [0.15, 0.2) is 0 Å². The van der Waals surface area contributed by atoms with Crippen molar-refractivity contribution in [3.8, 4) is 5.75 Å². The molecule has 0 radical (unpaired) electrons. The molecule has 2 aromatic rings. The van der Waals surface area contributed by atoms with Crippen LogP contribution in [0.25, 0.3) is 0 Å². The van der Waals surface area contributed by atoms with Gasteiger partial charge in [-0.25, -0.2) is 0 Å². The van der Waals surface area contributed by atoms with Gasteiger partial charge in [0.1, 0.15) is 5.75 Å². The van der Waals surface area contributed by atoms with Gasteiger partial charge in [-0.1, -0.05) is 23.7 Å². The zero-order chi connectivity index (χ0) is 17.7. The molecule has 1 unspecified atom stereocenters. The highest BCUT2D eigenvalue weighted by atomic mass is 127. The number of halogens is 2. The quantitative estimate of drug-likeness (QED) is 0.666. The van der Waals surface area contributed by atoms with E-state index in [1.165, 1.54) is 0 Å². The van der Waals surface area contributed by atoms with Crippen molar-refractivity contribution < 1.29 is 9.53 Å². The molecule has 0 saturated heterocycles. The van der Waals surface area contributed by atoms with Crippen LogP contribution >= 0.6 is 34.2 Å². The lowest BCUT2D eigenvalue weighted by Crippen LogP contribution is -2.34. The Labute approximate surface area is 161 Å². The summed E-state index contributed by atoms with van der Waals surface area (Å²) >= 11 is 8.06. The van der Waals surface area contributed by atoms with Crippen LogP contribution in [0.2, 0.25) is 5.02 Å². The normalized spacial score (nSPS) is 12.1. The molecule has 4 nitrogen and oxygen atoms in total. The summed E-state index contributed by atoms with van der Waals surface area (Å²) in [6, 6.07) is 13.2. The highest BCUT2D eigenvalue weighted by molar-refractivity contribution is 14.1. The second-order valence-corrected chi connectivity index (χ2v) is 7.19. The third-order valence-electron chi connectivity index (χ3n) is 3.76. The summed E-state index contributed by atoms with van der Waals surface area (Å²) < 4.78 is 6.03. The number of nitrogens with one attached hydrogen (secondary N) is 1. The first-order valence-corrected chi connectivity index (χ1v) is 8.91. The highest BCUT2D eigenvalue weighted by Crippen LogP contribution is 2.22. The Morgan fingerprint density at radius 1 is 1.25 bits per heavy atom. The van der Waals surface area contributed by atoms with E-state index in [0.29, 0.717) is 17.1 Å². The number of amides is 1. The van der Waals surface area contributed by atoms with Crippen LogP contribution in [0, 0.1) is 3.57 Å². The van der Waals surface area contributed by atoms with Gasteiger partial charge in [-0.15, -0.1) is 0 Å². The number of ether oxygens (including phenoxy) is 1. The first kappa shape index (κ1) is 19.0. The highest BCUT2D eigenvalue weighted by Gasteiger charge is 2.17. The van der Waals surface area contributed by atoms with Crippen LogP contribution in [0.4, 0.5) is 0 Å². The van der Waals surface area contributed by atoms with E-state index in [4.69, 9.17) is 16.3 Å². The lowest BCUT2D eigenvalue weighted by Gasteiger charge is -2.25. The van der Waals surface area contributed by atoms with Crippen LogP contribution in [-0.4, -0.2) is 38.6 Å². The Hall–Kier alpha value is -1.31. The van der Waals surface area contributed by atoms with Crippen LogP contribution in [0.3, 0.4) is 0 Å². The minimum Gasteiger partial charge on any atom is -0.497 e. The summed E-state index contributed by atoms with van der Waals surface area (Å²) in [6.45, 7) is 0.511. The topological polar surface area (TPSA) is 41.6 Å². The summed E-state index contributed by atoms with van der Waals surface area (Å²) in [5.74, 6) is 0.715. The fraction of sp³-hybridized carbons (Fsp3) is 0.278. The van der Waals surface area contributed by atoms with Crippen LogP contribution in [0.15, 0.2) is 42.5 Å². The summed E-state index contributed by atoms with van der Waals surface area (Å²) in [5.41, 5.74) is 1.75. The maximum absolute atomic E-state index is 12.4. The third-order valence-corrected chi connectivity index (χ3v) is 4.88. The van der Waals surface area contributed by atoms with E-state index < -0.39 is 0 Å². The van der Waals surface area contributed by atoms with E-state index in [1.54, 1.807) is 25.3 Å². The lowest BCUT2D eigenvalue weighted by molar-refractivity contribution is 0.0941. The summed E-state index contributed by atoms with van der Waals surface area (Å²) in [7, 11) is 5.63. The van der Waals surface area contributed by atoms with Gasteiger partial charge in [0.05, 0.1) is 18.7 Å². The van der Waals surface area contributed by atoms with E-state index in [-0.39, 0.29) is 11.9 Å². The van der Waals surface area contributed by atoms with Gasteiger partial charge in [-0.05, 0) is 72.6 Å². The molecule has 0 saturated carbocycles. The molecule has 0 aliphatic carbocycles. The van der Waals surface area contributed by atoms with Crippen molar-refractivity contribution in [2.24, 2.45) is 0 Å². The summed E-state index contributed by atoms with van der Waals surface area (Å²) in [4.78, 5) is 14.5. The zero-order valence-corrected chi connectivity index (χ0v) is 16.8. The van der Waals surface area contributed by atoms with E-state index >= 15 is 0 Å². The van der Waals surface area contributed by atoms with Crippen molar-refractivity contribution in [1.82, 2.24) is 10.2 Å². The smallest absolute Gasteiger partial charge is 0.252 e. The van der Waals surface area contributed by atoms with Crippen molar-refractivity contribution in [2.75, 3.05) is 27.7 Å². The fourth-order valence-electron chi connectivity index (χ4n) is 2.38. The molecule has 2 rings (SSSR count). The van der Waals surface area contributed by atoms with Crippen molar-refractivity contribution >= 4 is 40.1 Å². The standard InChI is InChI=1S/C18H20ClIN2O2/c1-22(2)17(12-4-7-14(24-3)8-5-12)11-21-18(23)15-9-6-13(19)10-16(15)20/h4-10,17H,11H2,1-3H3,(H,21,23). The molecule has 0 aliphatic rings. The Kier molecular flexibility index (Phi) is 6.89. The molecule has 0 spiro atoms. The zero-order valence-electron chi connectivity index (χ0n) is 13.8. The Morgan fingerprint density at radius 3 is 2.46 bits per heavy atom. The predicted octanol–water partition coefficient (Wildman–Crippen LogP) is 3.99. The molecule has 24 heavy (non-hydrogen) atoms. The van der Waals surface area contributed by atoms with Crippen molar-refractivity contribution in [1.29, 1.82) is 0 Å². The second-order valence-electron chi connectivity index (χ2n) is 5.59. The van der Waals surface area contributed by atoms with Crippen LogP contribution in [-0.2, 0) is 0 Å². The van der Waals surface area contributed by atoms with Gasteiger partial charge >= 0.3 is 0 Å². The largest absolute Gasteiger partial charge is 0.497 e. The molecule has 0 heterocycles. The molecule has 1 N–H and O–H groups in total. The van der Waals surface area contributed by atoms with Crippen molar-refractivity contribution in [3.05, 3.63) is 62.2 Å². The maximum atomic E-state index is 12.4. The average molecular weight is 459 g/mol. The number of benzene rings is 2. The van der Waals surface area contributed by atoms with Gasteiger partial charge in [0.25, 0.3) is 5.91 Å². The number of carbonyl (C=O) groups excluding carboxylic acids is 1. The number of hydrogen-bond acceptors (Lipinski definition) is 3. The Morgan fingerprint density at radius 2 is 1.92 bits per heavy atom. The van der Waals surface area contributed by atoms with Crippen molar-refractivity contribution in [2.45, 2.75) is 6.04 Å². The summed E-state index contributed by atoms with van der Waals surface area (Å²) in [6.07, 6.45) is 0. The van der Waals surface area contributed by atoms with E-state index in [0.717, 1.165) is 14.9 Å². The van der Waals surface area contributed by atoms with E-state index in [2.05, 4.69) is 32.8 Å². The van der Waals surface area contributed by atoms with Gasteiger partial charge in [-0.2, -0.15) is 0 Å².